The van der Waals surface area contributed by atoms with E-state index in [0.717, 1.165) is 6.07 Å². The number of carbonyl (C=O) groups is 2. The molecule has 1 heterocycles. The number of aromatic nitrogens is 1. The van der Waals surface area contributed by atoms with Crippen molar-refractivity contribution >= 4 is 23.4 Å². The maximum absolute atomic E-state index is 13.9. The average molecular weight is 506 g/mol. The predicted molar refractivity (Wildman–Crippen MR) is 134 cm³/mol. The fraction of sp³-hybridized carbons (Fsp3) is 0.107. The van der Waals surface area contributed by atoms with Crippen molar-refractivity contribution in [3.05, 3.63) is 124 Å². The van der Waals surface area contributed by atoms with Crippen LogP contribution in [0.2, 0.25) is 5.02 Å². The smallest absolute Gasteiger partial charge is 0.248 e. The van der Waals surface area contributed by atoms with Crippen LogP contribution < -0.4 is 11.1 Å². The van der Waals surface area contributed by atoms with Gasteiger partial charge in [0.1, 0.15) is 11.6 Å². The monoisotopic (exact) mass is 505 g/mol. The van der Waals surface area contributed by atoms with Crippen LogP contribution >= 0.6 is 11.6 Å². The van der Waals surface area contributed by atoms with Gasteiger partial charge in [0.25, 0.3) is 0 Å². The number of hydrogen-bond acceptors (Lipinski definition) is 3. The second-order valence-corrected chi connectivity index (χ2v) is 8.73. The van der Waals surface area contributed by atoms with Crippen molar-refractivity contribution in [1.82, 2.24) is 10.3 Å². The van der Waals surface area contributed by atoms with E-state index < -0.39 is 23.6 Å². The van der Waals surface area contributed by atoms with Gasteiger partial charge in [0.15, 0.2) is 0 Å². The molecule has 1 unspecified atom stereocenters. The second-order valence-electron chi connectivity index (χ2n) is 8.29. The Morgan fingerprint density at radius 2 is 1.67 bits per heavy atom. The molecule has 4 aromatic rings. The molecule has 2 amide bonds. The molecule has 1 aromatic heterocycles. The predicted octanol–water partition coefficient (Wildman–Crippen LogP) is 5.42. The summed E-state index contributed by atoms with van der Waals surface area (Å²) in [6.45, 7) is 0. The SMILES string of the molecule is NC(=O)c1cccc(-c2cccnc2C(Cc2cc(F)cc(F)c2)NC(=O)Cc2cccc(Cl)c2)c1. The molecule has 1 atom stereocenters. The number of hydrogen-bond donors (Lipinski definition) is 2. The lowest BCUT2D eigenvalue weighted by atomic mass is 9.94. The highest BCUT2D eigenvalue weighted by Crippen LogP contribution is 2.30. The molecule has 4 rings (SSSR count). The summed E-state index contributed by atoms with van der Waals surface area (Å²) in [5.74, 6) is -2.33. The number of halogens is 3. The lowest BCUT2D eigenvalue weighted by molar-refractivity contribution is -0.121. The Morgan fingerprint density at radius 3 is 2.39 bits per heavy atom. The Labute approximate surface area is 211 Å². The number of rotatable bonds is 8. The highest BCUT2D eigenvalue weighted by molar-refractivity contribution is 6.30. The van der Waals surface area contributed by atoms with Gasteiger partial charge in [-0.1, -0.05) is 41.9 Å². The Kier molecular flexibility index (Phi) is 7.71. The van der Waals surface area contributed by atoms with E-state index in [1.165, 1.54) is 12.1 Å². The van der Waals surface area contributed by atoms with Crippen LogP contribution in [-0.4, -0.2) is 16.8 Å². The number of primary amides is 1. The van der Waals surface area contributed by atoms with E-state index in [2.05, 4.69) is 10.3 Å². The van der Waals surface area contributed by atoms with E-state index in [1.807, 2.05) is 0 Å². The zero-order chi connectivity index (χ0) is 25.7. The number of pyridine rings is 1. The first-order valence-electron chi connectivity index (χ1n) is 11.1. The van der Waals surface area contributed by atoms with Crippen LogP contribution in [0.15, 0.2) is 85.1 Å². The van der Waals surface area contributed by atoms with Crippen LogP contribution in [0, 0.1) is 11.6 Å². The Morgan fingerprint density at radius 1 is 0.917 bits per heavy atom. The minimum Gasteiger partial charge on any atom is -0.366 e. The van der Waals surface area contributed by atoms with Crippen LogP contribution in [0.5, 0.6) is 0 Å². The molecule has 0 fully saturated rings. The van der Waals surface area contributed by atoms with Gasteiger partial charge in [0.2, 0.25) is 11.8 Å². The normalized spacial score (nSPS) is 11.6. The van der Waals surface area contributed by atoms with E-state index in [4.69, 9.17) is 17.3 Å². The van der Waals surface area contributed by atoms with E-state index in [0.29, 0.717) is 38.5 Å². The molecule has 0 spiro atoms. The number of nitrogens with one attached hydrogen (secondary N) is 1. The lowest BCUT2D eigenvalue weighted by Gasteiger charge is -2.22. The molecule has 8 heteroatoms. The zero-order valence-corrected chi connectivity index (χ0v) is 19.8. The summed E-state index contributed by atoms with van der Waals surface area (Å²) < 4.78 is 27.9. The van der Waals surface area contributed by atoms with Gasteiger partial charge in [-0.15, -0.1) is 0 Å². The molecule has 0 aliphatic heterocycles. The summed E-state index contributed by atoms with van der Waals surface area (Å²) in [6, 6.07) is 19.7. The van der Waals surface area contributed by atoms with Crippen molar-refractivity contribution in [2.24, 2.45) is 5.73 Å². The Hall–Kier alpha value is -4.10. The third-order valence-corrected chi connectivity index (χ3v) is 5.81. The van der Waals surface area contributed by atoms with Crippen molar-refractivity contribution in [3.8, 4) is 11.1 Å². The summed E-state index contributed by atoms with van der Waals surface area (Å²) in [5, 5.41) is 3.46. The minimum absolute atomic E-state index is 0.0495. The molecular formula is C28H22ClF2N3O2. The molecule has 5 nitrogen and oxygen atoms in total. The maximum atomic E-state index is 13.9. The molecule has 3 N–H and O–H groups in total. The summed E-state index contributed by atoms with van der Waals surface area (Å²) in [5.41, 5.74) is 8.61. The topological polar surface area (TPSA) is 85.1 Å². The number of nitrogens with zero attached hydrogens (tertiary/aromatic N) is 1. The highest BCUT2D eigenvalue weighted by atomic mass is 35.5. The third kappa shape index (κ3) is 6.31. The molecule has 182 valence electrons. The van der Waals surface area contributed by atoms with Crippen molar-refractivity contribution in [2.75, 3.05) is 0 Å². The van der Waals surface area contributed by atoms with E-state index in [-0.39, 0.29) is 18.7 Å². The van der Waals surface area contributed by atoms with Crippen molar-refractivity contribution in [2.45, 2.75) is 18.9 Å². The molecule has 0 radical (unpaired) electrons. The highest BCUT2D eigenvalue weighted by Gasteiger charge is 2.22. The van der Waals surface area contributed by atoms with Gasteiger partial charge in [-0.2, -0.15) is 0 Å². The lowest BCUT2D eigenvalue weighted by Crippen LogP contribution is -2.32. The van der Waals surface area contributed by atoms with Crippen LogP contribution in [0.1, 0.15) is 33.2 Å². The van der Waals surface area contributed by atoms with Crippen LogP contribution in [0.3, 0.4) is 0 Å². The second kappa shape index (κ2) is 11.1. The van der Waals surface area contributed by atoms with Crippen LogP contribution in [0.4, 0.5) is 8.78 Å². The van der Waals surface area contributed by atoms with Gasteiger partial charge in [-0.05, 0) is 65.6 Å². The molecule has 0 saturated carbocycles. The largest absolute Gasteiger partial charge is 0.366 e. The fourth-order valence-electron chi connectivity index (χ4n) is 4.04. The maximum Gasteiger partial charge on any atom is 0.248 e. The van der Waals surface area contributed by atoms with Gasteiger partial charge in [-0.25, -0.2) is 8.78 Å². The van der Waals surface area contributed by atoms with Crippen molar-refractivity contribution in [1.29, 1.82) is 0 Å². The first-order valence-corrected chi connectivity index (χ1v) is 11.5. The van der Waals surface area contributed by atoms with Crippen molar-refractivity contribution in [3.63, 3.8) is 0 Å². The summed E-state index contributed by atoms with van der Waals surface area (Å²) in [7, 11) is 0. The number of benzene rings is 3. The van der Waals surface area contributed by atoms with Gasteiger partial charge < -0.3 is 11.1 Å². The molecule has 0 saturated heterocycles. The van der Waals surface area contributed by atoms with E-state index >= 15 is 0 Å². The molecule has 0 aliphatic carbocycles. The average Bonchev–Trinajstić information content (AvgIpc) is 2.83. The molecule has 0 aliphatic rings. The molecule has 3 aromatic carbocycles. The van der Waals surface area contributed by atoms with Gasteiger partial charge in [0.05, 0.1) is 18.2 Å². The Bertz CT molecular complexity index is 1410. The standard InChI is InChI=1S/C28H22ClF2N3O2/c29-21-7-1-4-17(10-21)14-26(35)34-25(13-18-11-22(30)16-23(31)12-18)27-24(8-3-9-33-27)19-5-2-6-20(15-19)28(32)36/h1-12,15-16,25H,13-14H2,(H2,32,36)(H,34,35). The zero-order valence-electron chi connectivity index (χ0n) is 19.0. The summed E-state index contributed by atoms with van der Waals surface area (Å²) in [4.78, 5) is 29.3. The van der Waals surface area contributed by atoms with E-state index in [9.17, 15) is 18.4 Å². The summed E-state index contributed by atoms with van der Waals surface area (Å²) in [6.07, 6.45) is 1.70. The van der Waals surface area contributed by atoms with Crippen LogP contribution in [0.25, 0.3) is 11.1 Å². The third-order valence-electron chi connectivity index (χ3n) is 5.58. The van der Waals surface area contributed by atoms with Crippen molar-refractivity contribution < 1.29 is 18.4 Å². The molecular weight excluding hydrogens is 484 g/mol. The number of nitrogens with two attached hydrogens (primary N) is 1. The number of carbonyl (C=O) groups excluding carboxylic acids is 2. The number of amides is 2. The Balaban J connectivity index is 1.72. The van der Waals surface area contributed by atoms with Gasteiger partial charge in [-0.3, -0.25) is 14.6 Å². The first-order chi connectivity index (χ1) is 17.3. The van der Waals surface area contributed by atoms with Gasteiger partial charge in [0, 0.05) is 28.4 Å². The van der Waals surface area contributed by atoms with Crippen LogP contribution in [-0.2, 0) is 17.6 Å². The van der Waals surface area contributed by atoms with E-state index in [1.54, 1.807) is 66.9 Å². The first kappa shape index (κ1) is 25.0. The quantitative estimate of drug-likeness (QED) is 0.335. The fourth-order valence-corrected chi connectivity index (χ4v) is 4.25. The molecule has 0 bridgehead atoms. The molecule has 36 heavy (non-hydrogen) atoms. The summed E-state index contributed by atoms with van der Waals surface area (Å²) >= 11 is 6.04. The minimum atomic E-state index is -0.730. The van der Waals surface area contributed by atoms with Gasteiger partial charge >= 0.3 is 0 Å².